The van der Waals surface area contributed by atoms with Crippen LogP contribution in [0.2, 0.25) is 0 Å². The molecule has 3 aromatic rings. The van der Waals surface area contributed by atoms with E-state index < -0.39 is 0 Å². The van der Waals surface area contributed by atoms with E-state index in [-0.39, 0.29) is 37.3 Å². The van der Waals surface area contributed by atoms with Crippen LogP contribution in [0.15, 0.2) is 71.3 Å². The summed E-state index contributed by atoms with van der Waals surface area (Å²) in [7, 11) is 0. The van der Waals surface area contributed by atoms with Crippen LogP contribution in [0, 0.1) is 5.82 Å². The highest BCUT2D eigenvalue weighted by Gasteiger charge is 2.23. The molecule has 0 N–H and O–H groups in total. The number of unbranched alkanes of at least 4 members (excludes halogenated alkanes) is 3. The molecule has 0 spiro atoms. The average Bonchev–Trinajstić information content (AvgIpc) is 3.47. The van der Waals surface area contributed by atoms with Crippen molar-refractivity contribution in [2.24, 2.45) is 0 Å². The molecular weight excluding hydrogens is 495 g/mol. The van der Waals surface area contributed by atoms with E-state index in [0.717, 1.165) is 18.4 Å². The lowest BCUT2D eigenvalue weighted by Crippen LogP contribution is -2.43. The number of aryl methyl sites for hydroxylation is 1. The fraction of sp³-hybridized carbons (Fsp3) is 0.438. The second-order valence-electron chi connectivity index (χ2n) is 9.74. The third-order valence-electron chi connectivity index (χ3n) is 6.62. The summed E-state index contributed by atoms with van der Waals surface area (Å²) in [5, 5.41) is 0. The van der Waals surface area contributed by atoms with Gasteiger partial charge in [-0.1, -0.05) is 50.5 Å². The molecule has 2 aromatic carbocycles. The van der Waals surface area contributed by atoms with Crippen molar-refractivity contribution in [2.45, 2.75) is 65.5 Å². The Balaban J connectivity index is 1.72. The maximum absolute atomic E-state index is 13.6. The number of halogens is 1. The van der Waals surface area contributed by atoms with Gasteiger partial charge in [0.05, 0.1) is 12.8 Å². The van der Waals surface area contributed by atoms with Crippen LogP contribution in [0.3, 0.4) is 0 Å². The fourth-order valence-electron chi connectivity index (χ4n) is 4.40. The zero-order chi connectivity index (χ0) is 27.9. The molecule has 0 atom stereocenters. The van der Waals surface area contributed by atoms with Crippen LogP contribution in [0.25, 0.3) is 0 Å². The Bertz CT molecular complexity index is 1110. The van der Waals surface area contributed by atoms with E-state index >= 15 is 0 Å². The van der Waals surface area contributed by atoms with E-state index in [1.165, 1.54) is 37.0 Å². The first-order valence-electron chi connectivity index (χ1n) is 14.0. The molecule has 0 aliphatic heterocycles. The Kier molecular flexibility index (Phi) is 12.7. The third kappa shape index (κ3) is 10.3. The molecule has 0 aliphatic carbocycles. The van der Waals surface area contributed by atoms with Gasteiger partial charge in [0, 0.05) is 31.9 Å². The van der Waals surface area contributed by atoms with Crippen LogP contribution in [0.5, 0.6) is 0 Å². The molecule has 1 heterocycles. The smallest absolute Gasteiger partial charge is 0.254 e. The van der Waals surface area contributed by atoms with Crippen molar-refractivity contribution in [3.8, 4) is 0 Å². The van der Waals surface area contributed by atoms with Crippen LogP contribution in [-0.2, 0) is 29.0 Å². The number of nitrogens with zero attached hydrogens (tertiary/aromatic N) is 2. The SMILES string of the molecule is CCCCCCc1ccc(C(=O)N(CCCOCC)CC(=O)N(Cc2ccc(F)cc2)Cc2ccco2)cc1. The lowest BCUT2D eigenvalue weighted by atomic mass is 10.0. The highest BCUT2D eigenvalue weighted by Crippen LogP contribution is 2.15. The first kappa shape index (κ1) is 30.1. The Morgan fingerprint density at radius 3 is 2.26 bits per heavy atom. The molecular formula is C32H41FN2O4. The van der Waals surface area contributed by atoms with Gasteiger partial charge in [0.1, 0.15) is 18.1 Å². The van der Waals surface area contributed by atoms with Gasteiger partial charge in [-0.25, -0.2) is 4.39 Å². The van der Waals surface area contributed by atoms with Crippen molar-refractivity contribution >= 4 is 11.8 Å². The van der Waals surface area contributed by atoms with Crippen LogP contribution >= 0.6 is 0 Å². The first-order valence-corrected chi connectivity index (χ1v) is 14.0. The van der Waals surface area contributed by atoms with Gasteiger partial charge in [0.15, 0.2) is 0 Å². The summed E-state index contributed by atoms with van der Waals surface area (Å²) in [4.78, 5) is 30.4. The van der Waals surface area contributed by atoms with Crippen molar-refractivity contribution in [3.05, 3.63) is 95.2 Å². The Labute approximate surface area is 231 Å². The second-order valence-corrected chi connectivity index (χ2v) is 9.74. The summed E-state index contributed by atoms with van der Waals surface area (Å²) >= 11 is 0. The minimum Gasteiger partial charge on any atom is -0.467 e. The molecule has 0 radical (unpaired) electrons. The van der Waals surface area contributed by atoms with Gasteiger partial charge in [-0.05, 0) is 73.7 Å². The van der Waals surface area contributed by atoms with Gasteiger partial charge in [0.2, 0.25) is 5.91 Å². The summed E-state index contributed by atoms with van der Waals surface area (Å²) in [6.45, 7) is 6.07. The summed E-state index contributed by atoms with van der Waals surface area (Å²) in [5.74, 6) is -0.0972. The topological polar surface area (TPSA) is 63.0 Å². The van der Waals surface area contributed by atoms with Gasteiger partial charge in [0.25, 0.3) is 5.91 Å². The van der Waals surface area contributed by atoms with Crippen LogP contribution < -0.4 is 0 Å². The van der Waals surface area contributed by atoms with Crippen molar-refractivity contribution in [1.82, 2.24) is 9.80 Å². The van der Waals surface area contributed by atoms with Gasteiger partial charge in [-0.15, -0.1) is 0 Å². The van der Waals surface area contributed by atoms with E-state index in [2.05, 4.69) is 6.92 Å². The average molecular weight is 537 g/mol. The van der Waals surface area contributed by atoms with E-state index in [0.29, 0.717) is 37.5 Å². The first-order chi connectivity index (χ1) is 19.0. The van der Waals surface area contributed by atoms with E-state index in [1.54, 1.807) is 40.3 Å². The fourth-order valence-corrected chi connectivity index (χ4v) is 4.40. The van der Waals surface area contributed by atoms with Crippen molar-refractivity contribution in [2.75, 3.05) is 26.3 Å². The van der Waals surface area contributed by atoms with Crippen molar-refractivity contribution in [3.63, 3.8) is 0 Å². The molecule has 1 aromatic heterocycles. The van der Waals surface area contributed by atoms with Crippen LogP contribution in [-0.4, -0.2) is 47.9 Å². The zero-order valence-electron chi connectivity index (χ0n) is 23.2. The van der Waals surface area contributed by atoms with Gasteiger partial charge < -0.3 is 19.0 Å². The van der Waals surface area contributed by atoms with Gasteiger partial charge >= 0.3 is 0 Å². The van der Waals surface area contributed by atoms with Crippen molar-refractivity contribution in [1.29, 1.82) is 0 Å². The highest BCUT2D eigenvalue weighted by atomic mass is 19.1. The van der Waals surface area contributed by atoms with E-state index in [9.17, 15) is 14.0 Å². The number of hydrogen-bond acceptors (Lipinski definition) is 4. The molecule has 2 amide bonds. The molecule has 0 saturated carbocycles. The summed E-state index contributed by atoms with van der Waals surface area (Å²) in [5.41, 5.74) is 2.57. The molecule has 7 heteroatoms. The molecule has 6 nitrogen and oxygen atoms in total. The van der Waals surface area contributed by atoms with E-state index in [4.69, 9.17) is 9.15 Å². The molecule has 0 saturated heterocycles. The van der Waals surface area contributed by atoms with Crippen molar-refractivity contribution < 1.29 is 23.1 Å². The minimum atomic E-state index is -0.333. The van der Waals surface area contributed by atoms with Crippen LogP contribution in [0.1, 0.15) is 73.2 Å². The predicted molar refractivity (Wildman–Crippen MR) is 151 cm³/mol. The Morgan fingerprint density at radius 2 is 1.59 bits per heavy atom. The molecule has 0 unspecified atom stereocenters. The molecule has 0 aliphatic rings. The van der Waals surface area contributed by atoms with E-state index in [1.807, 2.05) is 31.2 Å². The largest absolute Gasteiger partial charge is 0.467 e. The number of benzene rings is 2. The molecule has 0 bridgehead atoms. The maximum atomic E-state index is 13.6. The zero-order valence-corrected chi connectivity index (χ0v) is 23.2. The molecule has 39 heavy (non-hydrogen) atoms. The predicted octanol–water partition coefficient (Wildman–Crippen LogP) is 6.64. The third-order valence-corrected chi connectivity index (χ3v) is 6.62. The minimum absolute atomic E-state index is 0.0777. The normalized spacial score (nSPS) is 10.9. The highest BCUT2D eigenvalue weighted by molar-refractivity contribution is 5.96. The maximum Gasteiger partial charge on any atom is 0.254 e. The molecule has 0 fully saturated rings. The lowest BCUT2D eigenvalue weighted by molar-refractivity contribution is -0.133. The number of carbonyl (C=O) groups is 2. The second kappa shape index (κ2) is 16.5. The number of carbonyl (C=O) groups excluding carboxylic acids is 2. The number of amides is 2. The molecule has 210 valence electrons. The van der Waals surface area contributed by atoms with Gasteiger partial charge in [-0.3, -0.25) is 9.59 Å². The Morgan fingerprint density at radius 1 is 0.846 bits per heavy atom. The lowest BCUT2D eigenvalue weighted by Gasteiger charge is -2.27. The summed E-state index contributed by atoms with van der Waals surface area (Å²) < 4.78 is 24.4. The van der Waals surface area contributed by atoms with Gasteiger partial charge in [-0.2, -0.15) is 0 Å². The monoisotopic (exact) mass is 536 g/mol. The number of hydrogen-bond donors (Lipinski definition) is 0. The number of rotatable bonds is 17. The summed E-state index contributed by atoms with van der Waals surface area (Å²) in [6, 6.07) is 17.4. The summed E-state index contributed by atoms with van der Waals surface area (Å²) in [6.07, 6.45) is 7.97. The number of ether oxygens (including phenoxy) is 1. The Hall–Kier alpha value is -3.45. The quantitative estimate of drug-likeness (QED) is 0.182. The van der Waals surface area contributed by atoms with Crippen LogP contribution in [0.4, 0.5) is 4.39 Å². The number of furan rings is 1. The standard InChI is InChI=1S/C32H41FN2O4/c1-3-5-6-7-10-26-12-16-28(17-13-26)32(37)34(20-9-21-38-4-2)25-31(36)35(24-30-11-8-22-39-30)23-27-14-18-29(33)19-15-27/h8,11-19,22H,3-7,9-10,20-21,23-25H2,1-2H3. The molecule has 3 rings (SSSR count).